The van der Waals surface area contributed by atoms with Crippen molar-refractivity contribution in [2.45, 2.75) is 97.4 Å². The van der Waals surface area contributed by atoms with Gasteiger partial charge >= 0.3 is 0 Å². The van der Waals surface area contributed by atoms with Gasteiger partial charge in [0, 0.05) is 5.92 Å². The lowest BCUT2D eigenvalue weighted by Crippen LogP contribution is -2.35. The van der Waals surface area contributed by atoms with Crippen molar-refractivity contribution < 1.29 is 15.3 Å². The number of fused-ring (bicyclic) bond motifs is 1. The maximum Gasteiger partial charge on any atom is 0.0956 e. The summed E-state index contributed by atoms with van der Waals surface area (Å²) >= 11 is 0. The summed E-state index contributed by atoms with van der Waals surface area (Å²) in [7, 11) is 0. The molecule has 31 heavy (non-hydrogen) atoms. The average molecular weight is 429 g/mol. The van der Waals surface area contributed by atoms with E-state index in [0.29, 0.717) is 35.2 Å². The number of rotatable bonds is 6. The second-order valence-corrected chi connectivity index (χ2v) is 11.3. The third-order valence-corrected chi connectivity index (χ3v) is 8.77. The van der Waals surface area contributed by atoms with Gasteiger partial charge in [0.15, 0.2) is 0 Å². The van der Waals surface area contributed by atoms with E-state index in [0.717, 1.165) is 12.0 Å². The first kappa shape index (κ1) is 24.5. The van der Waals surface area contributed by atoms with Crippen LogP contribution in [0.3, 0.4) is 0 Å². The van der Waals surface area contributed by atoms with Crippen molar-refractivity contribution in [3.8, 4) is 0 Å². The predicted octanol–water partition coefficient (Wildman–Crippen LogP) is 5.73. The molecule has 0 heterocycles. The molecule has 0 saturated heterocycles. The molecule has 7 atom stereocenters. The molecule has 3 N–H and O–H groups in total. The van der Waals surface area contributed by atoms with Gasteiger partial charge in [-0.25, -0.2) is 0 Å². The monoisotopic (exact) mass is 428 g/mol. The molecule has 0 aromatic carbocycles. The first-order valence-corrected chi connectivity index (χ1v) is 12.3. The fourth-order valence-electron chi connectivity index (χ4n) is 6.29. The summed E-state index contributed by atoms with van der Waals surface area (Å²) in [5.74, 6) is 1.97. The highest BCUT2D eigenvalue weighted by molar-refractivity contribution is 5.29. The summed E-state index contributed by atoms with van der Waals surface area (Å²) in [6, 6.07) is 0. The van der Waals surface area contributed by atoms with Crippen molar-refractivity contribution in [3.63, 3.8) is 0 Å². The predicted molar refractivity (Wildman–Crippen MR) is 128 cm³/mol. The molecule has 0 radical (unpaired) electrons. The van der Waals surface area contributed by atoms with Gasteiger partial charge in [0.1, 0.15) is 0 Å². The van der Waals surface area contributed by atoms with Crippen LogP contribution >= 0.6 is 0 Å². The lowest BCUT2D eigenvalue weighted by Gasteiger charge is -2.44. The molecule has 2 fully saturated rings. The molecule has 174 valence electrons. The van der Waals surface area contributed by atoms with Crippen molar-refractivity contribution in [1.82, 2.24) is 0 Å². The molecule has 0 amide bonds. The Kier molecular flexibility index (Phi) is 7.40. The zero-order valence-corrected chi connectivity index (χ0v) is 20.3. The molecule has 0 aromatic rings. The van der Waals surface area contributed by atoms with Gasteiger partial charge in [0.25, 0.3) is 0 Å². The molecule has 3 heteroatoms. The van der Waals surface area contributed by atoms with Crippen LogP contribution < -0.4 is 0 Å². The van der Waals surface area contributed by atoms with E-state index >= 15 is 0 Å². The van der Waals surface area contributed by atoms with Crippen LogP contribution in [0.25, 0.3) is 0 Å². The minimum Gasteiger partial charge on any atom is -0.390 e. The molecular formula is C28H44O3. The number of aliphatic hydroxyl groups excluding tert-OH is 2. The summed E-state index contributed by atoms with van der Waals surface area (Å²) in [5.41, 5.74) is 2.88. The largest absolute Gasteiger partial charge is 0.390 e. The number of aliphatic hydroxyl groups is 3. The minimum atomic E-state index is -0.719. The summed E-state index contributed by atoms with van der Waals surface area (Å²) in [5, 5.41) is 30.5. The van der Waals surface area contributed by atoms with Crippen molar-refractivity contribution in [3.05, 3.63) is 47.6 Å². The van der Waals surface area contributed by atoms with Crippen LogP contribution in [0.1, 0.15) is 79.6 Å². The maximum atomic E-state index is 10.3. The van der Waals surface area contributed by atoms with Crippen LogP contribution in [0.5, 0.6) is 0 Å². The molecule has 0 unspecified atom stereocenters. The van der Waals surface area contributed by atoms with E-state index in [2.05, 4.69) is 45.6 Å². The lowest BCUT2D eigenvalue weighted by molar-refractivity contribution is 0.0436. The highest BCUT2D eigenvalue weighted by Gasteiger charge is 2.50. The Morgan fingerprint density at radius 1 is 1.23 bits per heavy atom. The smallest absolute Gasteiger partial charge is 0.0956 e. The molecule has 3 aliphatic rings. The van der Waals surface area contributed by atoms with Crippen LogP contribution in [-0.4, -0.2) is 33.1 Å². The van der Waals surface area contributed by atoms with Gasteiger partial charge in [-0.1, -0.05) is 62.8 Å². The van der Waals surface area contributed by atoms with Gasteiger partial charge in [0.05, 0.1) is 17.8 Å². The Bertz CT molecular complexity index is 753. The van der Waals surface area contributed by atoms with Gasteiger partial charge < -0.3 is 15.3 Å². The molecule has 2 saturated carbocycles. The average Bonchev–Trinajstić information content (AvgIpc) is 3.05. The lowest BCUT2D eigenvalue weighted by atomic mass is 9.61. The Morgan fingerprint density at radius 2 is 1.94 bits per heavy atom. The number of allylic oxidation sites excluding steroid dienone is 3. The van der Waals surface area contributed by atoms with Crippen LogP contribution in [0.15, 0.2) is 47.6 Å². The molecule has 3 nitrogen and oxygen atoms in total. The second kappa shape index (κ2) is 9.37. The third kappa shape index (κ3) is 5.26. The normalized spacial score (nSPS) is 37.7. The molecule has 0 spiro atoms. The van der Waals surface area contributed by atoms with Crippen molar-refractivity contribution in [2.24, 2.45) is 29.1 Å². The van der Waals surface area contributed by atoms with Crippen LogP contribution in [0, 0.1) is 29.1 Å². The molecule has 0 aromatic heterocycles. The maximum absolute atomic E-state index is 10.3. The fourth-order valence-corrected chi connectivity index (χ4v) is 6.29. The summed E-state index contributed by atoms with van der Waals surface area (Å²) in [4.78, 5) is 0. The second-order valence-electron chi connectivity index (χ2n) is 11.3. The molecule has 0 bridgehead atoms. The summed E-state index contributed by atoms with van der Waals surface area (Å²) in [6.45, 7) is 14.5. The summed E-state index contributed by atoms with van der Waals surface area (Å²) in [6.07, 6.45) is 15.1. The standard InChI is InChI=1S/C28H44O3/c1-18(9-10-19(2)27(4,5)31)23-13-14-24-22(8-7-15-28(23,24)6)12-11-21-16-25(29)20(3)26(30)17-21/h9-10,12,16,18-19,23-26,29-31H,3,7-8,11,13-15,17H2,1-2,4-6H3/b10-9+,22-12+/t18-,19+,23-,24+,25-,26-,28-/m1/s1. The van der Waals surface area contributed by atoms with E-state index in [9.17, 15) is 15.3 Å². The Morgan fingerprint density at radius 3 is 2.58 bits per heavy atom. The quantitative estimate of drug-likeness (QED) is 0.474. The van der Waals surface area contributed by atoms with E-state index < -0.39 is 17.8 Å². The summed E-state index contributed by atoms with van der Waals surface area (Å²) < 4.78 is 0. The van der Waals surface area contributed by atoms with E-state index in [1.54, 1.807) is 5.57 Å². The van der Waals surface area contributed by atoms with Crippen LogP contribution in [0.4, 0.5) is 0 Å². The highest BCUT2D eigenvalue weighted by atomic mass is 16.3. The fraction of sp³-hybridized carbons (Fsp3) is 0.714. The van der Waals surface area contributed by atoms with Crippen LogP contribution in [-0.2, 0) is 0 Å². The van der Waals surface area contributed by atoms with Gasteiger partial charge in [-0.3, -0.25) is 0 Å². The molecule has 3 aliphatic carbocycles. The zero-order chi connectivity index (χ0) is 23.0. The topological polar surface area (TPSA) is 60.7 Å². The first-order chi connectivity index (χ1) is 14.4. The first-order valence-electron chi connectivity index (χ1n) is 12.3. The molecule has 3 rings (SSSR count). The third-order valence-electron chi connectivity index (χ3n) is 8.77. The van der Waals surface area contributed by atoms with Crippen molar-refractivity contribution in [1.29, 1.82) is 0 Å². The van der Waals surface area contributed by atoms with Crippen LogP contribution in [0.2, 0.25) is 0 Å². The van der Waals surface area contributed by atoms with Gasteiger partial charge in [-0.2, -0.15) is 0 Å². The van der Waals surface area contributed by atoms with E-state index in [4.69, 9.17) is 0 Å². The number of hydrogen-bond acceptors (Lipinski definition) is 3. The van der Waals surface area contributed by atoms with E-state index in [-0.39, 0.29) is 5.92 Å². The minimum absolute atomic E-state index is 0.146. The Balaban J connectivity index is 1.71. The van der Waals surface area contributed by atoms with Gasteiger partial charge in [-0.15, -0.1) is 0 Å². The SMILES string of the molecule is C=C1[C@H](O)C=C(C/C=C2\CCC[C@]3(C)[C@@H]([C@H](C)/C=C/[C@H](C)C(C)(C)O)CC[C@@H]23)C[C@H]1O. The Labute approximate surface area is 189 Å². The van der Waals surface area contributed by atoms with Crippen molar-refractivity contribution >= 4 is 0 Å². The highest BCUT2D eigenvalue weighted by Crippen LogP contribution is 2.59. The molecule has 0 aliphatic heterocycles. The van der Waals surface area contributed by atoms with Gasteiger partial charge in [0.2, 0.25) is 0 Å². The zero-order valence-electron chi connectivity index (χ0n) is 20.3. The molecular weight excluding hydrogens is 384 g/mol. The number of hydrogen-bond donors (Lipinski definition) is 3. The van der Waals surface area contributed by atoms with E-state index in [1.807, 2.05) is 19.9 Å². The van der Waals surface area contributed by atoms with Crippen molar-refractivity contribution in [2.75, 3.05) is 0 Å². The Hall–Kier alpha value is -1.16. The van der Waals surface area contributed by atoms with E-state index in [1.165, 1.54) is 32.1 Å². The van der Waals surface area contributed by atoms with Gasteiger partial charge in [-0.05, 0) is 87.5 Å².